The van der Waals surface area contributed by atoms with E-state index in [-0.39, 0.29) is 11.4 Å². The van der Waals surface area contributed by atoms with Gasteiger partial charge in [0.25, 0.3) is 0 Å². The fourth-order valence-electron chi connectivity index (χ4n) is 1.71. The van der Waals surface area contributed by atoms with Crippen molar-refractivity contribution in [3.05, 3.63) is 53.7 Å². The summed E-state index contributed by atoms with van der Waals surface area (Å²) in [5.74, 6) is 0.291. The quantitative estimate of drug-likeness (QED) is 0.878. The van der Waals surface area contributed by atoms with Gasteiger partial charge in [0.15, 0.2) is 0 Å². The molecule has 106 valence electrons. The number of nitrogen functional groups attached to an aromatic ring is 1. The SMILES string of the molecule is CCc1ccc(CNS(=O)(=O)c2ccc(N)nc2)cc1. The van der Waals surface area contributed by atoms with Crippen LogP contribution in [0.1, 0.15) is 18.1 Å². The Morgan fingerprint density at radius 1 is 1.10 bits per heavy atom. The minimum atomic E-state index is -3.56. The molecule has 2 rings (SSSR count). The van der Waals surface area contributed by atoms with Gasteiger partial charge in [-0.15, -0.1) is 0 Å². The number of sulfonamides is 1. The molecule has 0 fully saturated rings. The van der Waals surface area contributed by atoms with Crippen molar-refractivity contribution in [1.82, 2.24) is 9.71 Å². The summed E-state index contributed by atoms with van der Waals surface area (Å²) in [6, 6.07) is 10.7. The Labute approximate surface area is 118 Å². The van der Waals surface area contributed by atoms with Crippen LogP contribution in [0.15, 0.2) is 47.5 Å². The van der Waals surface area contributed by atoms with Crippen molar-refractivity contribution >= 4 is 15.8 Å². The van der Waals surface area contributed by atoms with Gasteiger partial charge in [0.05, 0.1) is 0 Å². The van der Waals surface area contributed by atoms with Crippen molar-refractivity contribution in [3.63, 3.8) is 0 Å². The number of aromatic nitrogens is 1. The van der Waals surface area contributed by atoms with E-state index in [9.17, 15) is 8.42 Å². The molecule has 6 heteroatoms. The first-order chi connectivity index (χ1) is 9.51. The van der Waals surface area contributed by atoms with Crippen LogP contribution in [-0.2, 0) is 23.0 Å². The van der Waals surface area contributed by atoms with Crippen LogP contribution in [0.5, 0.6) is 0 Å². The van der Waals surface area contributed by atoms with Crippen molar-refractivity contribution < 1.29 is 8.42 Å². The summed E-state index contributed by atoms with van der Waals surface area (Å²) in [5.41, 5.74) is 7.57. The molecule has 0 aliphatic carbocycles. The maximum absolute atomic E-state index is 12.0. The molecule has 1 heterocycles. The van der Waals surface area contributed by atoms with Crippen LogP contribution in [0.3, 0.4) is 0 Å². The van der Waals surface area contributed by atoms with E-state index in [4.69, 9.17) is 5.73 Å². The summed E-state index contributed by atoms with van der Waals surface area (Å²) in [5, 5.41) is 0. The molecular formula is C14H17N3O2S. The van der Waals surface area contributed by atoms with E-state index in [1.807, 2.05) is 24.3 Å². The lowest BCUT2D eigenvalue weighted by molar-refractivity contribution is 0.581. The average molecular weight is 291 g/mol. The van der Waals surface area contributed by atoms with Crippen LogP contribution in [0.4, 0.5) is 5.82 Å². The van der Waals surface area contributed by atoms with Crippen molar-refractivity contribution in [2.24, 2.45) is 0 Å². The van der Waals surface area contributed by atoms with Crippen molar-refractivity contribution in [1.29, 1.82) is 0 Å². The Bertz CT molecular complexity index is 665. The first-order valence-electron chi connectivity index (χ1n) is 6.30. The van der Waals surface area contributed by atoms with Crippen LogP contribution in [0.25, 0.3) is 0 Å². The Morgan fingerprint density at radius 2 is 1.75 bits per heavy atom. The first-order valence-corrected chi connectivity index (χ1v) is 7.78. The molecule has 20 heavy (non-hydrogen) atoms. The molecule has 1 aromatic heterocycles. The Balaban J connectivity index is 2.06. The second-order valence-corrected chi connectivity index (χ2v) is 6.18. The largest absolute Gasteiger partial charge is 0.384 e. The number of nitrogens with two attached hydrogens (primary N) is 1. The van der Waals surface area contributed by atoms with E-state index < -0.39 is 10.0 Å². The van der Waals surface area contributed by atoms with Gasteiger partial charge in [0.1, 0.15) is 10.7 Å². The average Bonchev–Trinajstić information content (AvgIpc) is 2.46. The highest BCUT2D eigenvalue weighted by Crippen LogP contribution is 2.10. The van der Waals surface area contributed by atoms with E-state index >= 15 is 0 Å². The van der Waals surface area contributed by atoms with Crippen LogP contribution in [0.2, 0.25) is 0 Å². The number of rotatable bonds is 5. The Morgan fingerprint density at radius 3 is 2.30 bits per heavy atom. The van der Waals surface area contributed by atoms with Gasteiger partial charge in [-0.2, -0.15) is 0 Å². The molecule has 0 spiro atoms. The van der Waals surface area contributed by atoms with Gasteiger partial charge in [-0.05, 0) is 29.7 Å². The lowest BCUT2D eigenvalue weighted by atomic mass is 10.1. The molecule has 1 aromatic carbocycles. The van der Waals surface area contributed by atoms with Gasteiger partial charge in [0, 0.05) is 12.7 Å². The fraction of sp³-hybridized carbons (Fsp3) is 0.214. The Hall–Kier alpha value is -1.92. The number of hydrogen-bond acceptors (Lipinski definition) is 4. The summed E-state index contributed by atoms with van der Waals surface area (Å²) in [6.07, 6.45) is 2.21. The molecule has 0 saturated heterocycles. The molecule has 0 atom stereocenters. The minimum Gasteiger partial charge on any atom is -0.384 e. The lowest BCUT2D eigenvalue weighted by Gasteiger charge is -2.07. The van der Waals surface area contributed by atoms with Crippen molar-refractivity contribution in [3.8, 4) is 0 Å². The number of pyridine rings is 1. The van der Waals surface area contributed by atoms with Gasteiger partial charge in [0.2, 0.25) is 10.0 Å². The molecule has 3 N–H and O–H groups in total. The molecule has 0 aliphatic rings. The van der Waals surface area contributed by atoms with E-state index in [0.29, 0.717) is 5.82 Å². The second-order valence-electron chi connectivity index (χ2n) is 4.41. The van der Waals surface area contributed by atoms with E-state index in [1.165, 1.54) is 23.9 Å². The number of benzene rings is 1. The van der Waals surface area contributed by atoms with Gasteiger partial charge in [-0.3, -0.25) is 0 Å². The van der Waals surface area contributed by atoms with Gasteiger partial charge in [-0.1, -0.05) is 31.2 Å². The monoisotopic (exact) mass is 291 g/mol. The van der Waals surface area contributed by atoms with Crippen LogP contribution in [-0.4, -0.2) is 13.4 Å². The van der Waals surface area contributed by atoms with Crippen LogP contribution < -0.4 is 10.5 Å². The van der Waals surface area contributed by atoms with Crippen LogP contribution in [0, 0.1) is 0 Å². The zero-order valence-corrected chi connectivity index (χ0v) is 12.0. The number of nitrogens with zero attached hydrogens (tertiary/aromatic N) is 1. The molecule has 0 amide bonds. The molecule has 2 aromatic rings. The number of anilines is 1. The molecule has 0 bridgehead atoms. The smallest absolute Gasteiger partial charge is 0.242 e. The lowest BCUT2D eigenvalue weighted by Crippen LogP contribution is -2.23. The summed E-state index contributed by atoms with van der Waals surface area (Å²) in [6.45, 7) is 2.32. The molecule has 5 nitrogen and oxygen atoms in total. The van der Waals surface area contributed by atoms with E-state index in [2.05, 4.69) is 16.6 Å². The number of nitrogens with one attached hydrogen (secondary N) is 1. The summed E-state index contributed by atoms with van der Waals surface area (Å²) >= 11 is 0. The second kappa shape index (κ2) is 6.02. The van der Waals surface area contributed by atoms with E-state index in [1.54, 1.807) is 0 Å². The molecular weight excluding hydrogens is 274 g/mol. The fourth-order valence-corrected chi connectivity index (χ4v) is 2.67. The third-order valence-corrected chi connectivity index (χ3v) is 4.35. The molecule has 0 aliphatic heterocycles. The summed E-state index contributed by atoms with van der Waals surface area (Å²) < 4.78 is 26.6. The zero-order valence-electron chi connectivity index (χ0n) is 11.2. The number of aryl methyl sites for hydroxylation is 1. The van der Waals surface area contributed by atoms with Gasteiger partial charge >= 0.3 is 0 Å². The number of hydrogen-bond donors (Lipinski definition) is 2. The predicted octanol–water partition coefficient (Wildman–Crippen LogP) is 1.70. The minimum absolute atomic E-state index is 0.108. The highest BCUT2D eigenvalue weighted by atomic mass is 32.2. The van der Waals surface area contributed by atoms with Gasteiger partial charge in [-0.25, -0.2) is 18.1 Å². The normalized spacial score (nSPS) is 11.4. The third-order valence-electron chi connectivity index (χ3n) is 2.97. The maximum atomic E-state index is 12.0. The Kier molecular flexibility index (Phi) is 4.36. The van der Waals surface area contributed by atoms with Crippen LogP contribution >= 0.6 is 0 Å². The van der Waals surface area contributed by atoms with E-state index in [0.717, 1.165) is 12.0 Å². The molecule has 0 saturated carbocycles. The van der Waals surface area contributed by atoms with Gasteiger partial charge < -0.3 is 5.73 Å². The molecule has 0 radical (unpaired) electrons. The maximum Gasteiger partial charge on any atom is 0.242 e. The highest BCUT2D eigenvalue weighted by Gasteiger charge is 2.13. The van der Waals surface area contributed by atoms with Crippen molar-refractivity contribution in [2.45, 2.75) is 24.8 Å². The first kappa shape index (κ1) is 14.5. The third kappa shape index (κ3) is 3.55. The van der Waals surface area contributed by atoms with Crippen molar-refractivity contribution in [2.75, 3.05) is 5.73 Å². The molecule has 0 unspecified atom stereocenters. The zero-order chi connectivity index (χ0) is 14.6. The highest BCUT2D eigenvalue weighted by molar-refractivity contribution is 7.89. The standard InChI is InChI=1S/C14H17N3O2S/c1-2-11-3-5-12(6-4-11)9-17-20(18,19)13-7-8-14(15)16-10-13/h3-8,10,17H,2,9H2,1H3,(H2,15,16). The predicted molar refractivity (Wildman–Crippen MR) is 78.5 cm³/mol. The topological polar surface area (TPSA) is 85.1 Å². The summed E-state index contributed by atoms with van der Waals surface area (Å²) in [4.78, 5) is 3.89. The summed E-state index contributed by atoms with van der Waals surface area (Å²) in [7, 11) is -3.56.